The highest BCUT2D eigenvalue weighted by Crippen LogP contribution is 2.19. The van der Waals surface area contributed by atoms with E-state index in [2.05, 4.69) is 5.32 Å². The average molecular weight is 317 g/mol. The van der Waals surface area contributed by atoms with Gasteiger partial charge in [0.1, 0.15) is 5.76 Å². The van der Waals surface area contributed by atoms with E-state index in [1.165, 1.54) is 19.2 Å². The first-order chi connectivity index (χ1) is 10.9. The minimum atomic E-state index is -1.07. The molecule has 1 aromatic heterocycles. The second kappa shape index (κ2) is 7.11. The molecule has 23 heavy (non-hydrogen) atoms. The molecule has 0 saturated heterocycles. The molecule has 122 valence electrons. The first-order valence-electron chi connectivity index (χ1n) is 7.21. The molecule has 0 spiro atoms. The van der Waals surface area contributed by atoms with Crippen molar-refractivity contribution in [2.45, 2.75) is 26.9 Å². The van der Waals surface area contributed by atoms with Crippen LogP contribution >= 0.6 is 0 Å². The normalized spacial score (nSPS) is 10.6. The highest BCUT2D eigenvalue weighted by atomic mass is 16.5. The second-order valence-electron chi connectivity index (χ2n) is 5.18. The standard InChI is InChI=1S/C17H19NO5/c1-4-14-10(2)5-15(23-14)16(19)18-13-7-11(9-22-3)6-12(8-13)17(20)21/h5-8H,4,9H2,1-3H3,(H,18,19)(H,20,21). The maximum absolute atomic E-state index is 12.3. The molecule has 1 heterocycles. The van der Waals surface area contributed by atoms with Crippen molar-refractivity contribution in [2.24, 2.45) is 0 Å². The summed E-state index contributed by atoms with van der Waals surface area (Å²) in [7, 11) is 1.52. The molecule has 0 radical (unpaired) electrons. The summed E-state index contributed by atoms with van der Waals surface area (Å²) in [6.45, 7) is 4.07. The number of carbonyl (C=O) groups excluding carboxylic acids is 1. The van der Waals surface area contributed by atoms with Gasteiger partial charge < -0.3 is 19.6 Å². The van der Waals surface area contributed by atoms with Gasteiger partial charge >= 0.3 is 5.97 Å². The van der Waals surface area contributed by atoms with Gasteiger partial charge in [0, 0.05) is 19.2 Å². The van der Waals surface area contributed by atoms with E-state index in [1.807, 2.05) is 13.8 Å². The van der Waals surface area contributed by atoms with Crippen molar-refractivity contribution in [1.29, 1.82) is 0 Å². The van der Waals surface area contributed by atoms with Crippen molar-refractivity contribution in [3.8, 4) is 0 Å². The van der Waals surface area contributed by atoms with Crippen molar-refractivity contribution >= 4 is 17.6 Å². The van der Waals surface area contributed by atoms with Crippen molar-refractivity contribution in [2.75, 3.05) is 12.4 Å². The Morgan fingerprint density at radius 2 is 2.00 bits per heavy atom. The number of hydrogen-bond acceptors (Lipinski definition) is 4. The Morgan fingerprint density at radius 1 is 1.26 bits per heavy atom. The SMILES string of the molecule is CCc1oc(C(=O)Nc2cc(COC)cc(C(=O)O)c2)cc1C. The number of methoxy groups -OCH3 is 1. The van der Waals surface area contributed by atoms with Gasteiger partial charge in [-0.15, -0.1) is 0 Å². The van der Waals surface area contributed by atoms with Crippen LogP contribution in [-0.4, -0.2) is 24.1 Å². The summed E-state index contributed by atoms with van der Waals surface area (Å²) in [4.78, 5) is 23.4. The van der Waals surface area contributed by atoms with E-state index in [9.17, 15) is 9.59 Å². The van der Waals surface area contributed by atoms with Gasteiger partial charge in [0.25, 0.3) is 5.91 Å². The Morgan fingerprint density at radius 3 is 2.57 bits per heavy atom. The molecule has 0 fully saturated rings. The summed E-state index contributed by atoms with van der Waals surface area (Å²) < 4.78 is 10.5. The van der Waals surface area contributed by atoms with Crippen LogP contribution in [0.3, 0.4) is 0 Å². The van der Waals surface area contributed by atoms with Crippen molar-refractivity contribution in [1.82, 2.24) is 0 Å². The molecule has 1 amide bonds. The molecule has 0 saturated carbocycles. The minimum Gasteiger partial charge on any atom is -0.478 e. The van der Waals surface area contributed by atoms with Crippen molar-refractivity contribution in [3.63, 3.8) is 0 Å². The fraction of sp³-hybridized carbons (Fsp3) is 0.294. The van der Waals surface area contributed by atoms with E-state index in [0.29, 0.717) is 17.7 Å². The summed E-state index contributed by atoms with van der Waals surface area (Å²) >= 11 is 0. The maximum Gasteiger partial charge on any atom is 0.335 e. The second-order valence-corrected chi connectivity index (χ2v) is 5.18. The van der Waals surface area contributed by atoms with Gasteiger partial charge in [-0.05, 0) is 42.3 Å². The van der Waals surface area contributed by atoms with E-state index < -0.39 is 11.9 Å². The molecule has 0 aliphatic carbocycles. The van der Waals surface area contributed by atoms with E-state index in [0.717, 1.165) is 11.3 Å². The number of furan rings is 1. The van der Waals surface area contributed by atoms with E-state index in [4.69, 9.17) is 14.3 Å². The number of nitrogens with one attached hydrogen (secondary N) is 1. The van der Waals surface area contributed by atoms with Gasteiger partial charge in [-0.25, -0.2) is 4.79 Å². The van der Waals surface area contributed by atoms with Crippen molar-refractivity contribution < 1.29 is 23.8 Å². The molecule has 0 atom stereocenters. The molecule has 2 rings (SSSR count). The number of ether oxygens (including phenoxy) is 1. The average Bonchev–Trinajstić information content (AvgIpc) is 2.88. The molecule has 2 N–H and O–H groups in total. The van der Waals surface area contributed by atoms with Crippen LogP contribution in [0.4, 0.5) is 5.69 Å². The molecule has 6 heteroatoms. The van der Waals surface area contributed by atoms with Gasteiger partial charge in [-0.2, -0.15) is 0 Å². The fourth-order valence-corrected chi connectivity index (χ4v) is 2.31. The molecule has 2 aromatic rings. The van der Waals surface area contributed by atoms with E-state index in [1.54, 1.807) is 12.1 Å². The number of anilines is 1. The largest absolute Gasteiger partial charge is 0.478 e. The zero-order chi connectivity index (χ0) is 17.0. The van der Waals surface area contributed by atoms with Crippen LogP contribution < -0.4 is 5.32 Å². The molecule has 1 aromatic carbocycles. The monoisotopic (exact) mass is 317 g/mol. The first kappa shape index (κ1) is 16.8. The molecule has 6 nitrogen and oxygen atoms in total. The number of hydrogen-bond donors (Lipinski definition) is 2. The highest BCUT2D eigenvalue weighted by molar-refractivity contribution is 6.03. The number of carbonyl (C=O) groups is 2. The fourth-order valence-electron chi connectivity index (χ4n) is 2.31. The highest BCUT2D eigenvalue weighted by Gasteiger charge is 2.15. The lowest BCUT2D eigenvalue weighted by Crippen LogP contribution is -2.12. The third-order valence-electron chi connectivity index (χ3n) is 3.37. The molecule has 0 aliphatic rings. The van der Waals surface area contributed by atoms with Crippen LogP contribution in [0.25, 0.3) is 0 Å². The van der Waals surface area contributed by atoms with E-state index >= 15 is 0 Å². The Kier molecular flexibility index (Phi) is 5.18. The Hall–Kier alpha value is -2.60. The predicted octanol–water partition coefficient (Wildman–Crippen LogP) is 3.25. The number of carboxylic acid groups (broad SMARTS) is 1. The van der Waals surface area contributed by atoms with Gasteiger partial charge in [0.05, 0.1) is 12.2 Å². The summed E-state index contributed by atoms with van der Waals surface area (Å²) in [6.07, 6.45) is 0.700. The Labute approximate surface area is 134 Å². The quantitative estimate of drug-likeness (QED) is 0.853. The predicted molar refractivity (Wildman–Crippen MR) is 84.9 cm³/mol. The Bertz CT molecular complexity index is 733. The molecule has 0 unspecified atom stereocenters. The number of carboxylic acids is 1. The lowest BCUT2D eigenvalue weighted by atomic mass is 10.1. The first-order valence-corrected chi connectivity index (χ1v) is 7.21. The van der Waals surface area contributed by atoms with E-state index in [-0.39, 0.29) is 17.9 Å². The number of aromatic carboxylic acids is 1. The van der Waals surface area contributed by atoms with Crippen LogP contribution in [0.15, 0.2) is 28.7 Å². The number of amides is 1. The third kappa shape index (κ3) is 3.98. The number of benzene rings is 1. The van der Waals surface area contributed by atoms with Crippen LogP contribution in [-0.2, 0) is 17.8 Å². The van der Waals surface area contributed by atoms with Gasteiger partial charge in [0.15, 0.2) is 5.76 Å². The topological polar surface area (TPSA) is 88.8 Å². The van der Waals surface area contributed by atoms with Gasteiger partial charge in [-0.1, -0.05) is 6.92 Å². The number of rotatable bonds is 6. The zero-order valence-corrected chi connectivity index (χ0v) is 13.3. The molecule has 0 aliphatic heterocycles. The summed E-state index contributed by atoms with van der Waals surface area (Å²) in [5.41, 5.74) is 2.04. The lowest BCUT2D eigenvalue weighted by Gasteiger charge is -2.08. The van der Waals surface area contributed by atoms with Crippen LogP contribution in [0.5, 0.6) is 0 Å². The number of aryl methyl sites for hydroxylation is 2. The smallest absolute Gasteiger partial charge is 0.335 e. The zero-order valence-electron chi connectivity index (χ0n) is 13.3. The summed E-state index contributed by atoms with van der Waals surface area (Å²) in [5.74, 6) is -0.526. The van der Waals surface area contributed by atoms with Gasteiger partial charge in [0.2, 0.25) is 0 Å². The lowest BCUT2D eigenvalue weighted by molar-refractivity contribution is 0.0696. The summed E-state index contributed by atoms with van der Waals surface area (Å²) in [6, 6.07) is 6.25. The third-order valence-corrected chi connectivity index (χ3v) is 3.37. The Balaban J connectivity index is 2.26. The van der Waals surface area contributed by atoms with Gasteiger partial charge in [-0.3, -0.25) is 4.79 Å². The molecular formula is C17H19NO5. The summed E-state index contributed by atoms with van der Waals surface area (Å²) in [5, 5.41) is 11.8. The van der Waals surface area contributed by atoms with Crippen LogP contribution in [0.1, 0.15) is 44.7 Å². The maximum atomic E-state index is 12.3. The van der Waals surface area contributed by atoms with Crippen LogP contribution in [0, 0.1) is 6.92 Å². The molecule has 0 bridgehead atoms. The van der Waals surface area contributed by atoms with Crippen molar-refractivity contribution in [3.05, 3.63) is 52.5 Å². The molecular weight excluding hydrogens is 298 g/mol. The van der Waals surface area contributed by atoms with Crippen LogP contribution in [0.2, 0.25) is 0 Å². The minimum absolute atomic E-state index is 0.0831.